The van der Waals surface area contributed by atoms with Gasteiger partial charge in [-0.2, -0.15) is 13.2 Å². The van der Waals surface area contributed by atoms with E-state index in [0.717, 1.165) is 23.5 Å². The summed E-state index contributed by atoms with van der Waals surface area (Å²) in [6, 6.07) is 6.02. The van der Waals surface area contributed by atoms with Crippen molar-refractivity contribution in [3.05, 3.63) is 41.3 Å². The van der Waals surface area contributed by atoms with Crippen molar-refractivity contribution in [1.29, 1.82) is 0 Å². The van der Waals surface area contributed by atoms with Crippen molar-refractivity contribution in [3.8, 4) is 11.1 Å². The van der Waals surface area contributed by atoms with Gasteiger partial charge in [-0.05, 0) is 45.8 Å². The van der Waals surface area contributed by atoms with Gasteiger partial charge in [-0.15, -0.1) is 11.3 Å². The van der Waals surface area contributed by atoms with Gasteiger partial charge in [0.2, 0.25) is 0 Å². The first kappa shape index (κ1) is 16.9. The Morgan fingerprint density at radius 3 is 2.11 bits per heavy atom. The Bertz CT molecular complexity index is 578. The average molecular weight is 314 g/mol. The maximum absolute atomic E-state index is 12.4. The Labute approximate surface area is 136 Å². The maximum Gasteiger partial charge on any atom is 1.00 e. The molecule has 8 heteroatoms. The van der Waals surface area contributed by atoms with Crippen molar-refractivity contribution < 1.29 is 51.5 Å². The van der Waals surface area contributed by atoms with Crippen molar-refractivity contribution in [3.63, 3.8) is 0 Å². The molecule has 1 heterocycles. The maximum atomic E-state index is 12.4. The normalized spacial score (nSPS) is 12.8. The van der Waals surface area contributed by atoms with Crippen LogP contribution in [0.15, 0.2) is 39.9 Å². The summed E-state index contributed by atoms with van der Waals surface area (Å²) in [6.45, 7) is 0. The van der Waals surface area contributed by atoms with Crippen molar-refractivity contribution in [2.75, 3.05) is 0 Å². The Hall–Kier alpha value is -0.180. The zero-order valence-corrected chi connectivity index (χ0v) is 13.4. The quantitative estimate of drug-likeness (QED) is 0.604. The van der Waals surface area contributed by atoms with Crippen LogP contribution in [0.4, 0.5) is 13.2 Å². The third kappa shape index (κ3) is 4.14. The Morgan fingerprint density at radius 2 is 1.68 bits per heavy atom. The van der Waals surface area contributed by atoms with Crippen LogP contribution in [0.2, 0.25) is 0 Å². The van der Waals surface area contributed by atoms with Gasteiger partial charge >= 0.3 is 35.7 Å². The average Bonchev–Trinajstić information content (AvgIpc) is 2.77. The SMILES string of the molecule is O=S([O-])c1cc(-c2ccc(C(F)(F)F)cc2)cs1.[Na+]. The van der Waals surface area contributed by atoms with E-state index in [9.17, 15) is 21.9 Å². The summed E-state index contributed by atoms with van der Waals surface area (Å²) in [5, 5.41) is 1.59. The van der Waals surface area contributed by atoms with E-state index in [0.29, 0.717) is 11.1 Å². The molecule has 0 aliphatic rings. The van der Waals surface area contributed by atoms with E-state index in [4.69, 9.17) is 0 Å². The van der Waals surface area contributed by atoms with E-state index >= 15 is 0 Å². The number of hydrogen-bond donors (Lipinski definition) is 0. The van der Waals surface area contributed by atoms with Crippen LogP contribution in [-0.2, 0) is 17.3 Å². The number of rotatable bonds is 2. The van der Waals surface area contributed by atoms with Crippen molar-refractivity contribution in [2.45, 2.75) is 10.4 Å². The molecule has 96 valence electrons. The first-order valence-electron chi connectivity index (χ1n) is 4.73. The summed E-state index contributed by atoms with van der Waals surface area (Å²) in [5.74, 6) is 0. The third-order valence-corrected chi connectivity index (χ3v) is 4.15. The molecule has 1 aromatic carbocycles. The Morgan fingerprint density at radius 1 is 1.11 bits per heavy atom. The topological polar surface area (TPSA) is 40.1 Å². The summed E-state index contributed by atoms with van der Waals surface area (Å²) in [4.78, 5) is 0. The van der Waals surface area contributed by atoms with Gasteiger partial charge in [0.25, 0.3) is 0 Å². The largest absolute Gasteiger partial charge is 1.00 e. The van der Waals surface area contributed by atoms with Crippen LogP contribution < -0.4 is 29.6 Å². The summed E-state index contributed by atoms with van der Waals surface area (Å²) >= 11 is -1.28. The van der Waals surface area contributed by atoms with Crippen LogP contribution in [0.1, 0.15) is 5.56 Å². The molecule has 0 aliphatic heterocycles. The second-order valence-electron chi connectivity index (χ2n) is 3.46. The van der Waals surface area contributed by atoms with E-state index in [1.165, 1.54) is 18.2 Å². The second kappa shape index (κ2) is 6.51. The number of alkyl halides is 3. The van der Waals surface area contributed by atoms with Gasteiger partial charge in [0.05, 0.1) is 9.77 Å². The molecule has 1 aromatic heterocycles. The molecule has 0 radical (unpaired) electrons. The molecule has 0 bridgehead atoms. The van der Waals surface area contributed by atoms with E-state index in [-0.39, 0.29) is 33.8 Å². The molecule has 0 saturated heterocycles. The Balaban J connectivity index is 0.00000180. The molecule has 0 aliphatic carbocycles. The monoisotopic (exact) mass is 314 g/mol. The van der Waals surface area contributed by atoms with E-state index < -0.39 is 22.8 Å². The molecular formula is C11H6F3NaO2S2. The summed E-state index contributed by atoms with van der Waals surface area (Å²) in [7, 11) is 0. The van der Waals surface area contributed by atoms with Crippen molar-refractivity contribution in [2.24, 2.45) is 0 Å². The molecule has 0 spiro atoms. The minimum Gasteiger partial charge on any atom is -0.768 e. The molecule has 19 heavy (non-hydrogen) atoms. The van der Waals surface area contributed by atoms with Crippen LogP contribution in [0.5, 0.6) is 0 Å². The molecule has 2 rings (SSSR count). The summed E-state index contributed by atoms with van der Waals surface area (Å²) < 4.78 is 58.6. The Kier molecular flexibility index (Phi) is 5.78. The number of thiophene rings is 1. The first-order chi connectivity index (χ1) is 8.38. The van der Waals surface area contributed by atoms with Crippen molar-refractivity contribution in [1.82, 2.24) is 0 Å². The van der Waals surface area contributed by atoms with Gasteiger partial charge in [0.1, 0.15) is 0 Å². The standard InChI is InChI=1S/C11H7F3O2S2.Na/c12-11(13,14)9-3-1-7(2-4-9)8-5-10(17-6-8)18(15)16;/h1-6H,(H,15,16);/q;+1/p-1. The fourth-order valence-corrected chi connectivity index (χ4v) is 2.73. The molecular weight excluding hydrogens is 308 g/mol. The van der Waals surface area contributed by atoms with Gasteiger partial charge < -0.3 is 4.55 Å². The zero-order valence-electron chi connectivity index (χ0n) is 9.73. The molecule has 2 aromatic rings. The molecule has 0 saturated carbocycles. The van der Waals surface area contributed by atoms with Crippen LogP contribution >= 0.6 is 11.3 Å². The van der Waals surface area contributed by atoms with Gasteiger partial charge in [-0.3, -0.25) is 4.21 Å². The minimum absolute atomic E-state index is 0. The van der Waals surface area contributed by atoms with Gasteiger partial charge in [0.15, 0.2) is 0 Å². The van der Waals surface area contributed by atoms with Gasteiger partial charge in [0, 0.05) is 0 Å². The minimum atomic E-state index is -4.37. The molecule has 2 nitrogen and oxygen atoms in total. The van der Waals surface area contributed by atoms with Crippen LogP contribution in [0.25, 0.3) is 11.1 Å². The van der Waals surface area contributed by atoms with Crippen LogP contribution in [0, 0.1) is 0 Å². The van der Waals surface area contributed by atoms with Crippen LogP contribution in [-0.4, -0.2) is 8.76 Å². The molecule has 1 atom stereocenters. The first-order valence-corrected chi connectivity index (χ1v) is 6.69. The fraction of sp³-hybridized carbons (Fsp3) is 0.0909. The zero-order chi connectivity index (χ0) is 13.3. The van der Waals surface area contributed by atoms with E-state index in [1.807, 2.05) is 0 Å². The smallest absolute Gasteiger partial charge is 0.768 e. The summed E-state index contributed by atoms with van der Waals surface area (Å²) in [5.41, 5.74) is 0.415. The van der Waals surface area contributed by atoms with Gasteiger partial charge in [-0.1, -0.05) is 12.1 Å². The van der Waals surface area contributed by atoms with Gasteiger partial charge in [-0.25, -0.2) is 0 Å². The summed E-state index contributed by atoms with van der Waals surface area (Å²) in [6.07, 6.45) is -4.37. The third-order valence-electron chi connectivity index (χ3n) is 2.29. The van der Waals surface area contributed by atoms with E-state index in [2.05, 4.69) is 0 Å². The molecule has 0 fully saturated rings. The van der Waals surface area contributed by atoms with Crippen molar-refractivity contribution >= 4 is 22.4 Å². The molecule has 0 amide bonds. The van der Waals surface area contributed by atoms with Crippen LogP contribution in [0.3, 0.4) is 0 Å². The predicted octanol–water partition coefficient (Wildman–Crippen LogP) is 0.676. The van der Waals surface area contributed by atoms with E-state index in [1.54, 1.807) is 5.38 Å². The number of hydrogen-bond acceptors (Lipinski definition) is 3. The molecule has 0 N–H and O–H groups in total. The number of halogens is 3. The molecule has 1 unspecified atom stereocenters. The number of benzene rings is 1. The second-order valence-corrected chi connectivity index (χ2v) is 5.54. The fourth-order valence-electron chi connectivity index (χ4n) is 1.41. The predicted molar refractivity (Wildman–Crippen MR) is 61.9 cm³/mol.